The van der Waals surface area contributed by atoms with Gasteiger partial charge in [0.25, 0.3) is 0 Å². The number of nitrogens with one attached hydrogen (secondary N) is 1. The van der Waals surface area contributed by atoms with Gasteiger partial charge in [-0.25, -0.2) is 0 Å². The summed E-state index contributed by atoms with van der Waals surface area (Å²) in [7, 11) is 0. The van der Waals surface area contributed by atoms with Gasteiger partial charge >= 0.3 is 0 Å². The Morgan fingerprint density at radius 2 is 1.79 bits per heavy atom. The lowest BCUT2D eigenvalue weighted by Crippen LogP contribution is -2.47. The summed E-state index contributed by atoms with van der Waals surface area (Å²) in [6.45, 7) is 4.90. The molecule has 2 rings (SSSR count). The number of carbonyl (C=O) groups excluding carboxylic acids is 1. The third-order valence-corrected chi connectivity index (χ3v) is 4.82. The van der Waals surface area contributed by atoms with Crippen molar-refractivity contribution in [1.29, 1.82) is 0 Å². The molecule has 1 heterocycles. The molecule has 4 heteroatoms. The third kappa shape index (κ3) is 3.93. The van der Waals surface area contributed by atoms with Gasteiger partial charge in [-0.05, 0) is 51.7 Å². The van der Waals surface area contributed by atoms with Gasteiger partial charge in [-0.3, -0.25) is 4.79 Å². The van der Waals surface area contributed by atoms with Gasteiger partial charge in [0, 0.05) is 13.1 Å². The van der Waals surface area contributed by atoms with Crippen molar-refractivity contribution in [2.24, 2.45) is 11.1 Å². The van der Waals surface area contributed by atoms with Gasteiger partial charge in [-0.2, -0.15) is 0 Å². The molecule has 3 N–H and O–H groups in total. The number of amides is 1. The maximum absolute atomic E-state index is 12.3. The Balaban J connectivity index is 1.67. The van der Waals surface area contributed by atoms with Gasteiger partial charge in [-0.1, -0.05) is 19.3 Å². The summed E-state index contributed by atoms with van der Waals surface area (Å²) in [5.41, 5.74) is 5.62. The number of hydrogen-bond acceptors (Lipinski definition) is 3. The maximum Gasteiger partial charge on any atom is 0.227 e. The van der Waals surface area contributed by atoms with Crippen LogP contribution in [0.5, 0.6) is 0 Å². The number of nitrogens with two attached hydrogens (primary N) is 1. The molecular formula is C15H29N3O. The van der Waals surface area contributed by atoms with Crippen molar-refractivity contribution in [3.63, 3.8) is 0 Å². The summed E-state index contributed by atoms with van der Waals surface area (Å²) < 4.78 is 0. The molecule has 2 aliphatic rings. The predicted octanol–water partition coefficient (Wildman–Crippen LogP) is 1.50. The van der Waals surface area contributed by atoms with E-state index in [1.54, 1.807) is 0 Å². The first-order valence-corrected chi connectivity index (χ1v) is 7.98. The van der Waals surface area contributed by atoms with E-state index in [0.717, 1.165) is 45.2 Å². The summed E-state index contributed by atoms with van der Waals surface area (Å²) in [5, 5.41) is 3.12. The molecule has 0 radical (unpaired) electrons. The van der Waals surface area contributed by atoms with Crippen molar-refractivity contribution in [1.82, 2.24) is 10.2 Å². The van der Waals surface area contributed by atoms with E-state index in [1.807, 2.05) is 0 Å². The van der Waals surface area contributed by atoms with E-state index in [9.17, 15) is 4.79 Å². The van der Waals surface area contributed by atoms with Crippen molar-refractivity contribution < 1.29 is 4.79 Å². The number of likely N-dealkylation sites (tertiary alicyclic amines) is 1. The van der Waals surface area contributed by atoms with Gasteiger partial charge < -0.3 is 16.0 Å². The van der Waals surface area contributed by atoms with Crippen LogP contribution in [0, 0.1) is 5.41 Å². The van der Waals surface area contributed by atoms with E-state index >= 15 is 0 Å². The molecule has 0 aromatic rings. The van der Waals surface area contributed by atoms with Gasteiger partial charge in [0.1, 0.15) is 0 Å². The summed E-state index contributed by atoms with van der Waals surface area (Å²) in [6, 6.07) is 0. The van der Waals surface area contributed by atoms with E-state index < -0.39 is 0 Å². The minimum atomic E-state index is -0.258. The molecule has 0 spiro atoms. The zero-order valence-corrected chi connectivity index (χ0v) is 12.1. The molecule has 0 aromatic heterocycles. The van der Waals surface area contributed by atoms with Crippen molar-refractivity contribution >= 4 is 5.91 Å². The van der Waals surface area contributed by atoms with Crippen molar-refractivity contribution in [2.75, 3.05) is 32.7 Å². The lowest BCUT2D eigenvalue weighted by Gasteiger charge is -2.34. The summed E-state index contributed by atoms with van der Waals surface area (Å²) in [5.74, 6) is 0.205. The zero-order chi connectivity index (χ0) is 13.6. The molecule has 2 fully saturated rings. The third-order valence-electron chi connectivity index (χ3n) is 4.82. The summed E-state index contributed by atoms with van der Waals surface area (Å²) >= 11 is 0. The Morgan fingerprint density at radius 3 is 2.42 bits per heavy atom. The van der Waals surface area contributed by atoms with Gasteiger partial charge in [0.15, 0.2) is 0 Å². The molecule has 1 amide bonds. The second-order valence-electron chi connectivity index (χ2n) is 6.20. The normalized spacial score (nSPS) is 23.4. The number of nitrogens with zero attached hydrogens (tertiary/aromatic N) is 1. The van der Waals surface area contributed by atoms with E-state index in [1.165, 1.54) is 32.4 Å². The SMILES string of the molecule is NCC1(C(=O)NCCCN2CCCC2)CCCCC1. The van der Waals surface area contributed by atoms with Gasteiger partial charge in [-0.15, -0.1) is 0 Å². The van der Waals surface area contributed by atoms with E-state index in [4.69, 9.17) is 5.73 Å². The second kappa shape index (κ2) is 7.25. The van der Waals surface area contributed by atoms with Crippen molar-refractivity contribution in [3.8, 4) is 0 Å². The highest BCUT2D eigenvalue weighted by molar-refractivity contribution is 5.82. The highest BCUT2D eigenvalue weighted by Gasteiger charge is 2.37. The van der Waals surface area contributed by atoms with Crippen LogP contribution in [0.4, 0.5) is 0 Å². The van der Waals surface area contributed by atoms with Crippen LogP contribution in [0.2, 0.25) is 0 Å². The van der Waals surface area contributed by atoms with Crippen LogP contribution in [0.1, 0.15) is 51.4 Å². The van der Waals surface area contributed by atoms with Crippen LogP contribution in [-0.4, -0.2) is 43.5 Å². The lowest BCUT2D eigenvalue weighted by atomic mass is 9.73. The lowest BCUT2D eigenvalue weighted by molar-refractivity contribution is -0.132. The van der Waals surface area contributed by atoms with E-state index in [2.05, 4.69) is 10.2 Å². The fraction of sp³-hybridized carbons (Fsp3) is 0.933. The minimum absolute atomic E-state index is 0.205. The Bertz CT molecular complexity index is 281. The molecule has 110 valence electrons. The Kier molecular flexibility index (Phi) is 5.64. The number of carbonyl (C=O) groups is 1. The fourth-order valence-corrected chi connectivity index (χ4v) is 3.45. The van der Waals surface area contributed by atoms with Crippen LogP contribution >= 0.6 is 0 Å². The molecule has 1 saturated heterocycles. The van der Waals surface area contributed by atoms with Crippen LogP contribution in [0.15, 0.2) is 0 Å². The van der Waals surface area contributed by atoms with Crippen LogP contribution in [0.25, 0.3) is 0 Å². The van der Waals surface area contributed by atoms with E-state index in [0.29, 0.717) is 6.54 Å². The van der Waals surface area contributed by atoms with E-state index in [-0.39, 0.29) is 11.3 Å². The summed E-state index contributed by atoms with van der Waals surface area (Å²) in [6.07, 6.45) is 9.24. The van der Waals surface area contributed by atoms with Crippen molar-refractivity contribution in [3.05, 3.63) is 0 Å². The molecule has 1 aliphatic carbocycles. The molecule has 19 heavy (non-hydrogen) atoms. The highest BCUT2D eigenvalue weighted by Crippen LogP contribution is 2.35. The first kappa shape index (κ1) is 14.8. The van der Waals surface area contributed by atoms with Crippen LogP contribution in [-0.2, 0) is 4.79 Å². The first-order valence-electron chi connectivity index (χ1n) is 7.98. The zero-order valence-electron chi connectivity index (χ0n) is 12.1. The Labute approximate surface area is 117 Å². The van der Waals surface area contributed by atoms with Crippen LogP contribution in [0.3, 0.4) is 0 Å². The average Bonchev–Trinajstić information content (AvgIpc) is 2.97. The number of hydrogen-bond donors (Lipinski definition) is 2. The Morgan fingerprint density at radius 1 is 1.11 bits per heavy atom. The van der Waals surface area contributed by atoms with Gasteiger partial charge in [0.2, 0.25) is 5.91 Å². The topological polar surface area (TPSA) is 58.4 Å². The average molecular weight is 267 g/mol. The highest BCUT2D eigenvalue weighted by atomic mass is 16.2. The maximum atomic E-state index is 12.3. The molecule has 0 atom stereocenters. The molecule has 0 unspecified atom stereocenters. The number of rotatable bonds is 6. The molecule has 0 bridgehead atoms. The molecule has 1 aliphatic heterocycles. The van der Waals surface area contributed by atoms with Crippen molar-refractivity contribution in [2.45, 2.75) is 51.4 Å². The summed E-state index contributed by atoms with van der Waals surface area (Å²) in [4.78, 5) is 14.8. The molecule has 4 nitrogen and oxygen atoms in total. The standard InChI is InChI=1S/C15H29N3O/c16-13-15(7-2-1-3-8-15)14(19)17-9-6-12-18-10-4-5-11-18/h1-13,16H2,(H,17,19). The molecule has 0 aromatic carbocycles. The quantitative estimate of drug-likeness (QED) is 0.717. The first-order chi connectivity index (χ1) is 9.27. The minimum Gasteiger partial charge on any atom is -0.356 e. The molecule has 1 saturated carbocycles. The fourth-order valence-electron chi connectivity index (χ4n) is 3.45. The Hall–Kier alpha value is -0.610. The molecular weight excluding hydrogens is 238 g/mol. The second-order valence-corrected chi connectivity index (χ2v) is 6.20. The van der Waals surface area contributed by atoms with Crippen LogP contribution < -0.4 is 11.1 Å². The largest absolute Gasteiger partial charge is 0.356 e. The van der Waals surface area contributed by atoms with Gasteiger partial charge in [0.05, 0.1) is 5.41 Å². The predicted molar refractivity (Wildman–Crippen MR) is 77.9 cm³/mol. The monoisotopic (exact) mass is 267 g/mol. The smallest absolute Gasteiger partial charge is 0.227 e.